The molecule has 2 aromatic heterocycles. The Morgan fingerprint density at radius 3 is 1.46 bits per heavy atom. The Balaban J connectivity index is 0.998. The third-order valence-electron chi connectivity index (χ3n) is 11.5. The maximum absolute atomic E-state index is 6.60. The standard InChI is InChI=1S/C52H30O2/c1-2-10-32-27-33(18-17-31(32)9-1)34-19-25-49-47(28-34)44-23-24-45-48-30-36(20-26-50(48)54-52(45)51(44)53-49)38-21-22-43(41-15-7-5-14-40(38)41)46-29-35-11-3-4-12-37(35)39-13-6-8-16-42(39)46/h1-30H. The summed E-state index contributed by atoms with van der Waals surface area (Å²) in [5.74, 6) is 0. The van der Waals surface area contributed by atoms with Crippen molar-refractivity contribution in [2.24, 2.45) is 0 Å². The molecule has 2 heteroatoms. The van der Waals surface area contributed by atoms with Gasteiger partial charge in [-0.2, -0.15) is 0 Å². The average molecular weight is 687 g/mol. The van der Waals surface area contributed by atoms with Crippen LogP contribution in [0.25, 0.3) is 120 Å². The van der Waals surface area contributed by atoms with E-state index in [1.165, 1.54) is 65.3 Å². The molecule has 0 unspecified atom stereocenters. The first-order chi connectivity index (χ1) is 26.7. The van der Waals surface area contributed by atoms with Gasteiger partial charge >= 0.3 is 0 Å². The van der Waals surface area contributed by atoms with Crippen molar-refractivity contribution in [2.45, 2.75) is 0 Å². The Labute approximate surface area is 310 Å². The van der Waals surface area contributed by atoms with E-state index in [0.717, 1.165) is 55.0 Å². The van der Waals surface area contributed by atoms with E-state index in [0.29, 0.717) is 0 Å². The van der Waals surface area contributed by atoms with Crippen LogP contribution in [0.4, 0.5) is 0 Å². The van der Waals surface area contributed by atoms with Crippen molar-refractivity contribution < 1.29 is 8.83 Å². The maximum atomic E-state index is 6.60. The third-order valence-corrected chi connectivity index (χ3v) is 11.5. The molecular formula is C52H30O2. The van der Waals surface area contributed by atoms with Crippen LogP contribution >= 0.6 is 0 Å². The summed E-state index contributed by atoms with van der Waals surface area (Å²) in [5.41, 5.74) is 10.5. The first-order valence-electron chi connectivity index (χ1n) is 18.5. The smallest absolute Gasteiger partial charge is 0.178 e. The van der Waals surface area contributed by atoms with Gasteiger partial charge in [-0.05, 0) is 125 Å². The van der Waals surface area contributed by atoms with E-state index in [2.05, 4.69) is 182 Å². The first-order valence-corrected chi connectivity index (χ1v) is 18.5. The third kappa shape index (κ3) is 4.28. The van der Waals surface area contributed by atoms with E-state index in [1.54, 1.807) is 0 Å². The van der Waals surface area contributed by atoms with Crippen molar-refractivity contribution in [3.05, 3.63) is 182 Å². The predicted molar refractivity (Wildman–Crippen MR) is 227 cm³/mol. The maximum Gasteiger partial charge on any atom is 0.178 e. The highest BCUT2D eigenvalue weighted by Crippen LogP contribution is 2.44. The molecule has 0 aliphatic rings. The fourth-order valence-electron chi connectivity index (χ4n) is 8.85. The molecule has 0 saturated carbocycles. The van der Waals surface area contributed by atoms with Crippen molar-refractivity contribution in [3.8, 4) is 33.4 Å². The normalized spacial score (nSPS) is 12.1. The molecule has 0 aliphatic carbocycles. The van der Waals surface area contributed by atoms with Crippen molar-refractivity contribution in [1.82, 2.24) is 0 Å². The molecule has 0 radical (unpaired) electrons. The van der Waals surface area contributed by atoms with Crippen molar-refractivity contribution >= 4 is 87.0 Å². The van der Waals surface area contributed by atoms with Gasteiger partial charge in [0.2, 0.25) is 0 Å². The van der Waals surface area contributed by atoms with Crippen molar-refractivity contribution in [2.75, 3.05) is 0 Å². The van der Waals surface area contributed by atoms with E-state index in [1.807, 2.05) is 0 Å². The molecule has 2 nitrogen and oxygen atoms in total. The zero-order valence-corrected chi connectivity index (χ0v) is 29.1. The number of benzene rings is 10. The summed E-state index contributed by atoms with van der Waals surface area (Å²) in [4.78, 5) is 0. The Kier molecular flexibility index (Phi) is 6.09. The monoisotopic (exact) mass is 686 g/mol. The van der Waals surface area contributed by atoms with E-state index in [9.17, 15) is 0 Å². The van der Waals surface area contributed by atoms with E-state index < -0.39 is 0 Å². The van der Waals surface area contributed by atoms with Crippen LogP contribution < -0.4 is 0 Å². The summed E-state index contributed by atoms with van der Waals surface area (Å²) in [6, 6.07) is 65.8. The minimum Gasteiger partial charge on any atom is -0.452 e. The van der Waals surface area contributed by atoms with Crippen molar-refractivity contribution in [3.63, 3.8) is 0 Å². The lowest BCUT2D eigenvalue weighted by Gasteiger charge is -2.15. The molecule has 0 amide bonds. The zero-order chi connectivity index (χ0) is 35.3. The molecule has 0 N–H and O–H groups in total. The van der Waals surface area contributed by atoms with Crippen LogP contribution in [-0.4, -0.2) is 0 Å². The van der Waals surface area contributed by atoms with E-state index >= 15 is 0 Å². The van der Waals surface area contributed by atoms with Gasteiger partial charge < -0.3 is 8.83 Å². The summed E-state index contributed by atoms with van der Waals surface area (Å²) in [7, 11) is 0. The Morgan fingerprint density at radius 2 is 0.741 bits per heavy atom. The van der Waals surface area contributed by atoms with Gasteiger partial charge in [0.15, 0.2) is 11.2 Å². The largest absolute Gasteiger partial charge is 0.452 e. The highest BCUT2D eigenvalue weighted by molar-refractivity contribution is 6.21. The van der Waals surface area contributed by atoms with E-state index in [-0.39, 0.29) is 0 Å². The van der Waals surface area contributed by atoms with Gasteiger partial charge in [-0.1, -0.05) is 133 Å². The molecule has 10 aromatic carbocycles. The zero-order valence-electron chi connectivity index (χ0n) is 29.1. The van der Waals surface area contributed by atoms with Crippen LogP contribution in [0.3, 0.4) is 0 Å². The minimum atomic E-state index is 0.784. The predicted octanol–water partition coefficient (Wildman–Crippen LogP) is 15.1. The second-order valence-electron chi connectivity index (χ2n) is 14.4. The van der Waals surface area contributed by atoms with Gasteiger partial charge in [0.1, 0.15) is 11.2 Å². The minimum absolute atomic E-state index is 0.784. The molecule has 12 aromatic rings. The van der Waals surface area contributed by atoms with Gasteiger partial charge in [0.25, 0.3) is 0 Å². The molecule has 0 bridgehead atoms. The van der Waals surface area contributed by atoms with Crippen molar-refractivity contribution in [1.29, 1.82) is 0 Å². The quantitative estimate of drug-likeness (QED) is 0.173. The number of hydrogen-bond donors (Lipinski definition) is 0. The molecule has 0 saturated heterocycles. The summed E-state index contributed by atoms with van der Waals surface area (Å²) in [5, 5.41) is 14.3. The molecule has 54 heavy (non-hydrogen) atoms. The molecule has 12 rings (SSSR count). The van der Waals surface area contributed by atoms with E-state index in [4.69, 9.17) is 8.83 Å². The number of furan rings is 2. The Hall–Kier alpha value is -7.16. The Bertz CT molecular complexity index is 3510. The van der Waals surface area contributed by atoms with Gasteiger partial charge in [0.05, 0.1) is 0 Å². The highest BCUT2D eigenvalue weighted by Gasteiger charge is 2.19. The fraction of sp³-hybridized carbons (Fsp3) is 0. The van der Waals surface area contributed by atoms with Gasteiger partial charge in [-0.15, -0.1) is 0 Å². The lowest BCUT2D eigenvalue weighted by molar-refractivity contribution is 0.633. The number of hydrogen-bond acceptors (Lipinski definition) is 2. The lowest BCUT2D eigenvalue weighted by Crippen LogP contribution is -1.88. The summed E-state index contributed by atoms with van der Waals surface area (Å²) < 4.78 is 13.1. The van der Waals surface area contributed by atoms with Crippen LogP contribution in [0.1, 0.15) is 0 Å². The molecule has 0 atom stereocenters. The van der Waals surface area contributed by atoms with Crippen LogP contribution in [-0.2, 0) is 0 Å². The number of rotatable bonds is 3. The van der Waals surface area contributed by atoms with Crippen LogP contribution in [0, 0.1) is 0 Å². The molecule has 2 heterocycles. The van der Waals surface area contributed by atoms with Gasteiger partial charge in [-0.25, -0.2) is 0 Å². The second-order valence-corrected chi connectivity index (χ2v) is 14.4. The molecule has 250 valence electrons. The molecule has 0 fully saturated rings. The SMILES string of the molecule is c1ccc2cc(-c3ccc4oc5c(ccc6c7cc(-c8ccc(-c9cc%10ccccc%10c%10ccccc9%10)c9ccccc89)ccc7oc65)c4c3)ccc2c1. The average Bonchev–Trinajstić information content (AvgIpc) is 3.81. The topological polar surface area (TPSA) is 26.3 Å². The highest BCUT2D eigenvalue weighted by atomic mass is 16.4. The molecular weight excluding hydrogens is 657 g/mol. The number of fused-ring (bicyclic) bond motifs is 12. The summed E-state index contributed by atoms with van der Waals surface area (Å²) >= 11 is 0. The van der Waals surface area contributed by atoms with Gasteiger partial charge in [-0.3, -0.25) is 0 Å². The molecule has 0 aliphatic heterocycles. The lowest BCUT2D eigenvalue weighted by atomic mass is 9.88. The Morgan fingerprint density at radius 1 is 0.241 bits per heavy atom. The fourth-order valence-corrected chi connectivity index (χ4v) is 8.85. The summed E-state index contributed by atoms with van der Waals surface area (Å²) in [6.07, 6.45) is 0. The first kappa shape index (κ1) is 29.4. The van der Waals surface area contributed by atoms with Crippen LogP contribution in [0.15, 0.2) is 191 Å². The second kappa shape index (κ2) is 11.2. The van der Waals surface area contributed by atoms with Crippen LogP contribution in [0.2, 0.25) is 0 Å². The van der Waals surface area contributed by atoms with Gasteiger partial charge in [0, 0.05) is 21.5 Å². The molecule has 0 spiro atoms. The summed E-state index contributed by atoms with van der Waals surface area (Å²) in [6.45, 7) is 0. The van der Waals surface area contributed by atoms with Crippen LogP contribution in [0.5, 0.6) is 0 Å².